The summed E-state index contributed by atoms with van der Waals surface area (Å²) in [7, 11) is 0. The zero-order valence-electron chi connectivity index (χ0n) is 17.7. The number of rotatable bonds is 0. The van der Waals surface area contributed by atoms with E-state index in [1.54, 1.807) is 17.0 Å². The van der Waals surface area contributed by atoms with Gasteiger partial charge in [0.15, 0.2) is 0 Å². The minimum atomic E-state index is 0.369. The van der Waals surface area contributed by atoms with E-state index in [2.05, 4.69) is 83.6 Å². The van der Waals surface area contributed by atoms with Crippen LogP contribution in [0, 0.1) is 0 Å². The molecule has 0 N–H and O–H groups in total. The van der Waals surface area contributed by atoms with Crippen molar-refractivity contribution in [2.24, 2.45) is 0 Å². The molecule has 34 heavy (non-hydrogen) atoms. The fourth-order valence-electron chi connectivity index (χ4n) is 5.45. The number of benzene rings is 5. The van der Waals surface area contributed by atoms with E-state index in [1.807, 2.05) is 22.7 Å². The number of hydrogen-bond donors (Lipinski definition) is 0. The number of thiophene rings is 2. The van der Waals surface area contributed by atoms with E-state index in [4.69, 9.17) is 0 Å². The van der Waals surface area contributed by atoms with Gasteiger partial charge in [-0.15, -0.1) is 0 Å². The summed E-state index contributed by atoms with van der Waals surface area (Å²) in [5.74, 6) is 0. The quantitative estimate of drug-likeness (QED) is 0.153. The van der Waals surface area contributed by atoms with Gasteiger partial charge in [0.2, 0.25) is 0 Å². The first-order valence-corrected chi connectivity index (χ1v) is 16.4. The van der Waals surface area contributed by atoms with Crippen LogP contribution in [0.2, 0.25) is 0 Å². The Hall–Kier alpha value is -2.42. The Bertz CT molecular complexity index is 2120. The SMILES string of the molecule is c1cc2cc3cc4c(cc3cc2s1)[se]c1cc2c(cc14)[se]c1cc3cc4sccc4cc3cc12. The fraction of sp³-hybridized carbons (Fsp3) is 0. The van der Waals surface area contributed by atoms with Crippen LogP contribution in [-0.4, -0.2) is 29.0 Å². The summed E-state index contributed by atoms with van der Waals surface area (Å²) in [6.45, 7) is 0. The van der Waals surface area contributed by atoms with Crippen molar-refractivity contribution in [2.75, 3.05) is 0 Å². The Morgan fingerprint density at radius 1 is 0.382 bits per heavy atom. The van der Waals surface area contributed by atoms with Crippen molar-refractivity contribution in [3.63, 3.8) is 0 Å². The van der Waals surface area contributed by atoms with Crippen LogP contribution in [0.3, 0.4) is 0 Å². The van der Waals surface area contributed by atoms with Gasteiger partial charge in [-0.05, 0) is 0 Å². The third-order valence-electron chi connectivity index (χ3n) is 7.12. The standard InChI is InChI=1S/C30H14S2Se2/c1-3-31-25-9-19-11-27-21(7-17(19)5-15(1)25)23-13-30-24(14-29(23)33-27)22-8-18-6-16-2-4-32-26(16)10-20(18)12-28(22)34-30/h1-14H. The molecule has 0 aliphatic heterocycles. The monoisotopic (exact) mass is 598 g/mol. The first-order chi connectivity index (χ1) is 16.8. The summed E-state index contributed by atoms with van der Waals surface area (Å²) in [6.07, 6.45) is 0. The first kappa shape index (κ1) is 18.9. The second-order valence-electron chi connectivity index (χ2n) is 9.06. The maximum absolute atomic E-state index is 2.54. The number of fused-ring (bicyclic) bond motifs is 10. The van der Waals surface area contributed by atoms with E-state index < -0.39 is 0 Å². The van der Waals surface area contributed by atoms with Crippen molar-refractivity contribution in [3.8, 4) is 0 Å². The molecule has 4 heteroatoms. The zero-order chi connectivity index (χ0) is 22.0. The molecule has 0 fully saturated rings. The van der Waals surface area contributed by atoms with Crippen LogP contribution in [0.1, 0.15) is 0 Å². The Labute approximate surface area is 214 Å². The molecule has 0 spiro atoms. The molecule has 0 unspecified atom stereocenters. The molecule has 0 radical (unpaired) electrons. The second kappa shape index (κ2) is 6.62. The van der Waals surface area contributed by atoms with E-state index in [9.17, 15) is 0 Å². The van der Waals surface area contributed by atoms with Gasteiger partial charge in [-0.2, -0.15) is 0 Å². The van der Waals surface area contributed by atoms with Crippen molar-refractivity contribution in [3.05, 3.63) is 83.6 Å². The van der Waals surface area contributed by atoms with Crippen LogP contribution >= 0.6 is 22.7 Å². The Kier molecular flexibility index (Phi) is 3.67. The van der Waals surface area contributed by atoms with Crippen molar-refractivity contribution in [2.45, 2.75) is 0 Å². The molecule has 9 rings (SSSR count). The summed E-state index contributed by atoms with van der Waals surface area (Å²) in [5.41, 5.74) is 0. The molecule has 0 bridgehead atoms. The molecule has 0 nitrogen and oxygen atoms in total. The van der Waals surface area contributed by atoms with Crippen molar-refractivity contribution in [1.82, 2.24) is 0 Å². The summed E-state index contributed by atoms with van der Waals surface area (Å²) in [6, 6.07) is 28.9. The van der Waals surface area contributed by atoms with Gasteiger partial charge in [0.25, 0.3) is 0 Å². The van der Waals surface area contributed by atoms with Gasteiger partial charge in [0, 0.05) is 0 Å². The summed E-state index contributed by atoms with van der Waals surface area (Å²) < 4.78 is 8.97. The molecule has 0 atom stereocenters. The molecule has 9 aromatic rings. The van der Waals surface area contributed by atoms with E-state index >= 15 is 0 Å². The molecule has 0 amide bonds. The van der Waals surface area contributed by atoms with Gasteiger partial charge >= 0.3 is 216 Å². The van der Waals surface area contributed by atoms with Gasteiger partial charge in [-0.3, -0.25) is 0 Å². The zero-order valence-corrected chi connectivity index (χ0v) is 22.8. The Balaban J connectivity index is 1.36. The van der Waals surface area contributed by atoms with Gasteiger partial charge < -0.3 is 0 Å². The number of hydrogen-bond acceptors (Lipinski definition) is 2. The minimum absolute atomic E-state index is 0.369. The van der Waals surface area contributed by atoms with Crippen LogP contribution in [-0.2, 0) is 0 Å². The summed E-state index contributed by atoms with van der Waals surface area (Å²) >= 11 is 4.42. The van der Waals surface area contributed by atoms with E-state index in [0.717, 1.165) is 0 Å². The normalized spacial score (nSPS) is 12.7. The van der Waals surface area contributed by atoms with Crippen LogP contribution in [0.15, 0.2) is 83.6 Å². The van der Waals surface area contributed by atoms with Crippen molar-refractivity contribution < 1.29 is 0 Å². The Morgan fingerprint density at radius 3 is 1.29 bits per heavy atom. The van der Waals surface area contributed by atoms with Crippen LogP contribution in [0.25, 0.3) is 80.3 Å². The molecule has 0 saturated heterocycles. The summed E-state index contributed by atoms with van der Waals surface area (Å²) in [4.78, 5) is 0. The molecular formula is C30H14S2Se2. The molecule has 0 saturated carbocycles. The molecule has 5 aromatic carbocycles. The maximum atomic E-state index is 2.54. The van der Waals surface area contributed by atoms with E-state index in [1.165, 1.54) is 63.3 Å². The van der Waals surface area contributed by atoms with Crippen molar-refractivity contribution in [1.29, 1.82) is 0 Å². The van der Waals surface area contributed by atoms with Crippen LogP contribution in [0.4, 0.5) is 0 Å². The summed E-state index contributed by atoms with van der Waals surface area (Å²) in [5, 5.41) is 18.5. The average molecular weight is 596 g/mol. The topological polar surface area (TPSA) is 0 Å². The van der Waals surface area contributed by atoms with E-state index in [0.29, 0.717) is 29.0 Å². The van der Waals surface area contributed by atoms with Gasteiger partial charge in [0.05, 0.1) is 0 Å². The molecule has 4 aromatic heterocycles. The Morgan fingerprint density at radius 2 is 0.794 bits per heavy atom. The van der Waals surface area contributed by atoms with Gasteiger partial charge in [0.1, 0.15) is 0 Å². The average Bonchev–Trinajstić information content (AvgIpc) is 3.61. The van der Waals surface area contributed by atoms with Crippen LogP contribution < -0.4 is 0 Å². The van der Waals surface area contributed by atoms with Crippen LogP contribution in [0.5, 0.6) is 0 Å². The van der Waals surface area contributed by atoms with Gasteiger partial charge in [-0.25, -0.2) is 0 Å². The molecule has 158 valence electrons. The molecular weight excluding hydrogens is 582 g/mol. The third-order valence-corrected chi connectivity index (χ3v) is 13.6. The fourth-order valence-corrected chi connectivity index (χ4v) is 11.9. The first-order valence-electron chi connectivity index (χ1n) is 11.2. The molecule has 0 aliphatic rings. The van der Waals surface area contributed by atoms with E-state index in [-0.39, 0.29) is 0 Å². The predicted octanol–water partition coefficient (Wildman–Crippen LogP) is 9.15. The molecule has 4 heterocycles. The molecule has 0 aliphatic carbocycles. The third kappa shape index (κ3) is 2.54. The second-order valence-corrected chi connectivity index (χ2v) is 15.5. The predicted molar refractivity (Wildman–Crippen MR) is 156 cm³/mol. The van der Waals surface area contributed by atoms with Crippen molar-refractivity contribution >= 4 is 132 Å². The van der Waals surface area contributed by atoms with Gasteiger partial charge in [-0.1, -0.05) is 0 Å².